The van der Waals surface area contributed by atoms with Gasteiger partial charge in [0.05, 0.1) is 5.39 Å². The molecular formula is C27H27N7O. The largest absolute Gasteiger partial charge is 0.376 e. The number of aromatic nitrogens is 5. The molecule has 3 N–H and O–H groups in total. The first kappa shape index (κ1) is 20.6. The van der Waals surface area contributed by atoms with E-state index in [1.807, 2.05) is 30.7 Å². The van der Waals surface area contributed by atoms with Crippen LogP contribution in [0.5, 0.6) is 0 Å². The summed E-state index contributed by atoms with van der Waals surface area (Å²) < 4.78 is 3.87. The Balaban J connectivity index is 1.29. The molecule has 0 bridgehead atoms. The van der Waals surface area contributed by atoms with Gasteiger partial charge in [-0.05, 0) is 53.5 Å². The molecule has 1 atom stereocenters. The van der Waals surface area contributed by atoms with Gasteiger partial charge in [0.2, 0.25) is 5.95 Å². The van der Waals surface area contributed by atoms with Gasteiger partial charge in [-0.1, -0.05) is 24.3 Å². The number of aliphatic hydroxyl groups is 1. The average molecular weight is 466 g/mol. The number of nitrogens with two attached hydrogens (primary N) is 1. The fourth-order valence-corrected chi connectivity index (χ4v) is 6.22. The molecule has 1 aliphatic heterocycles. The Morgan fingerprint density at radius 2 is 1.83 bits per heavy atom. The molecule has 1 aliphatic carbocycles. The topological polar surface area (TPSA) is 97.5 Å². The molecule has 0 radical (unpaired) electrons. The van der Waals surface area contributed by atoms with Crippen molar-refractivity contribution in [3.63, 3.8) is 0 Å². The molecule has 5 aromatic rings. The maximum atomic E-state index is 10.1. The molecule has 1 aromatic carbocycles. The monoisotopic (exact) mass is 465 g/mol. The number of hydrogen-bond donors (Lipinski definition) is 2. The first-order valence-corrected chi connectivity index (χ1v) is 12.1. The molecule has 8 nitrogen and oxygen atoms in total. The molecule has 1 fully saturated rings. The van der Waals surface area contributed by atoms with Gasteiger partial charge in [0.15, 0.2) is 5.65 Å². The molecule has 8 heteroatoms. The lowest BCUT2D eigenvalue weighted by molar-refractivity contribution is 0.186. The van der Waals surface area contributed by atoms with E-state index in [9.17, 15) is 5.11 Å². The summed E-state index contributed by atoms with van der Waals surface area (Å²) in [6, 6.07) is 12.6. The predicted octanol–water partition coefficient (Wildman–Crippen LogP) is 3.54. The smallest absolute Gasteiger partial charge is 0.213 e. The van der Waals surface area contributed by atoms with Crippen LogP contribution in [-0.2, 0) is 13.2 Å². The lowest BCUT2D eigenvalue weighted by Crippen LogP contribution is -2.45. The molecule has 2 aliphatic rings. The second-order valence-electron chi connectivity index (χ2n) is 9.82. The van der Waals surface area contributed by atoms with E-state index in [2.05, 4.69) is 38.6 Å². The van der Waals surface area contributed by atoms with Gasteiger partial charge in [0.25, 0.3) is 0 Å². The second-order valence-corrected chi connectivity index (χ2v) is 9.82. The van der Waals surface area contributed by atoms with Crippen molar-refractivity contribution in [3.05, 3.63) is 78.5 Å². The zero-order valence-corrected chi connectivity index (χ0v) is 19.4. The summed E-state index contributed by atoms with van der Waals surface area (Å²) in [6.45, 7) is 1.61. The Labute approximate surface area is 202 Å². The molecule has 0 unspecified atom stereocenters. The number of imidazole rings is 1. The molecule has 4 aromatic heterocycles. The Morgan fingerprint density at radius 1 is 1.03 bits per heavy atom. The highest BCUT2D eigenvalue weighted by Crippen LogP contribution is 2.51. The minimum Gasteiger partial charge on any atom is -0.376 e. The van der Waals surface area contributed by atoms with E-state index in [0.717, 1.165) is 66.1 Å². The highest BCUT2D eigenvalue weighted by molar-refractivity contribution is 6.03. The van der Waals surface area contributed by atoms with Crippen LogP contribution >= 0.6 is 0 Å². The van der Waals surface area contributed by atoms with E-state index in [-0.39, 0.29) is 18.2 Å². The van der Waals surface area contributed by atoms with Gasteiger partial charge in [-0.15, -0.1) is 0 Å². The fourth-order valence-electron chi connectivity index (χ4n) is 6.22. The van der Waals surface area contributed by atoms with E-state index >= 15 is 0 Å². The number of nitrogens with zero attached hydrogens (tertiary/aromatic N) is 6. The van der Waals surface area contributed by atoms with Crippen LogP contribution in [0.1, 0.15) is 30.0 Å². The molecule has 1 saturated heterocycles. The van der Waals surface area contributed by atoms with Crippen LogP contribution in [0.3, 0.4) is 0 Å². The summed E-state index contributed by atoms with van der Waals surface area (Å²) in [6.07, 6.45) is 12.4. The summed E-state index contributed by atoms with van der Waals surface area (Å²) in [5.41, 5.74) is 13.2. The van der Waals surface area contributed by atoms with Gasteiger partial charge in [0.1, 0.15) is 12.4 Å². The maximum absolute atomic E-state index is 10.1. The van der Waals surface area contributed by atoms with E-state index in [1.54, 1.807) is 17.0 Å². The predicted molar refractivity (Wildman–Crippen MR) is 135 cm³/mol. The van der Waals surface area contributed by atoms with E-state index in [0.29, 0.717) is 0 Å². The molecule has 176 valence electrons. The van der Waals surface area contributed by atoms with Crippen molar-refractivity contribution >= 4 is 22.6 Å². The lowest BCUT2D eigenvalue weighted by atomic mass is 9.73. The summed E-state index contributed by atoms with van der Waals surface area (Å²) in [4.78, 5) is 16.3. The third-order valence-corrected chi connectivity index (χ3v) is 8.11. The molecule has 1 spiro atoms. The minimum atomic E-state index is -0.152. The van der Waals surface area contributed by atoms with Gasteiger partial charge in [-0.2, -0.15) is 4.98 Å². The summed E-state index contributed by atoms with van der Waals surface area (Å²) >= 11 is 0. The quantitative estimate of drug-likeness (QED) is 0.423. The van der Waals surface area contributed by atoms with Gasteiger partial charge in [-0.25, -0.2) is 4.98 Å². The average Bonchev–Trinajstić information content (AvgIpc) is 3.60. The number of rotatable bonds is 3. The van der Waals surface area contributed by atoms with Crippen molar-refractivity contribution in [2.75, 3.05) is 18.0 Å². The van der Waals surface area contributed by atoms with Crippen LogP contribution in [0.2, 0.25) is 0 Å². The molecule has 0 amide bonds. The molecule has 35 heavy (non-hydrogen) atoms. The number of fused-ring (bicyclic) bond motifs is 4. The molecule has 0 saturated carbocycles. The Bertz CT molecular complexity index is 1550. The Kier molecular flexibility index (Phi) is 4.49. The zero-order valence-electron chi connectivity index (χ0n) is 19.4. The number of aliphatic hydroxyl groups excluding tert-OH is 1. The number of piperidine rings is 1. The maximum Gasteiger partial charge on any atom is 0.213 e. The van der Waals surface area contributed by atoms with Crippen molar-refractivity contribution in [2.24, 2.45) is 11.1 Å². The van der Waals surface area contributed by atoms with E-state index in [4.69, 9.17) is 15.7 Å². The molecular weight excluding hydrogens is 438 g/mol. The van der Waals surface area contributed by atoms with Crippen LogP contribution in [0.25, 0.3) is 27.8 Å². The Hall–Kier alpha value is -3.75. The zero-order chi connectivity index (χ0) is 23.6. The standard InChI is InChI=1S/C27H27N7O/c28-23-20-4-2-1-3-19(20)15-27(23)7-12-32(13-8-27)26-31-25-22(24-30-11-14-34(24)26)21(16-33(25)17-35)18-5-9-29-10-6-18/h1-6,9-11,14,16,23,35H,7-8,12-13,15,17,28H2/t23-/m1/s1. The van der Waals surface area contributed by atoms with Gasteiger partial charge in [0, 0.05) is 55.7 Å². The highest BCUT2D eigenvalue weighted by Gasteiger charge is 2.46. The number of hydrogen-bond acceptors (Lipinski definition) is 6. The second kappa shape index (κ2) is 7.63. The normalized spacial score (nSPS) is 19.1. The van der Waals surface area contributed by atoms with Gasteiger partial charge < -0.3 is 20.3 Å². The molecule has 5 heterocycles. The number of pyridine rings is 1. The summed E-state index contributed by atoms with van der Waals surface area (Å²) in [5, 5.41) is 11.1. The van der Waals surface area contributed by atoms with Crippen LogP contribution in [0, 0.1) is 5.41 Å². The van der Waals surface area contributed by atoms with Crippen molar-refractivity contribution in [3.8, 4) is 11.1 Å². The van der Waals surface area contributed by atoms with Crippen LogP contribution in [0.4, 0.5) is 5.95 Å². The number of benzene rings is 1. The molecule has 7 rings (SSSR count). The third kappa shape index (κ3) is 2.96. The fraction of sp³-hybridized carbons (Fsp3) is 0.296. The summed E-state index contributed by atoms with van der Waals surface area (Å²) in [7, 11) is 0. The number of anilines is 1. The van der Waals surface area contributed by atoms with Crippen molar-refractivity contribution in [2.45, 2.75) is 32.0 Å². The third-order valence-electron chi connectivity index (χ3n) is 8.11. The van der Waals surface area contributed by atoms with Gasteiger partial charge >= 0.3 is 0 Å². The van der Waals surface area contributed by atoms with Crippen molar-refractivity contribution < 1.29 is 5.11 Å². The lowest BCUT2D eigenvalue weighted by Gasteiger charge is -2.42. The van der Waals surface area contributed by atoms with Crippen LogP contribution < -0.4 is 10.6 Å². The highest BCUT2D eigenvalue weighted by atomic mass is 16.3. The first-order valence-electron chi connectivity index (χ1n) is 12.1. The van der Waals surface area contributed by atoms with Crippen LogP contribution in [0.15, 0.2) is 67.4 Å². The summed E-state index contributed by atoms with van der Waals surface area (Å²) in [5.74, 6) is 0.859. The van der Waals surface area contributed by atoms with E-state index in [1.165, 1.54) is 11.1 Å². The SMILES string of the molecule is N[C@@H]1c2ccccc2CC12CCN(c1nc3c(c(-c4ccncc4)cn3CO)c3nccn13)CC2. The van der Waals surface area contributed by atoms with Crippen molar-refractivity contribution in [1.82, 2.24) is 23.9 Å². The van der Waals surface area contributed by atoms with Crippen LogP contribution in [-0.4, -0.2) is 42.1 Å². The van der Waals surface area contributed by atoms with Crippen molar-refractivity contribution in [1.29, 1.82) is 0 Å². The van der Waals surface area contributed by atoms with E-state index < -0.39 is 0 Å². The Morgan fingerprint density at radius 3 is 2.60 bits per heavy atom. The minimum absolute atomic E-state index is 0.0825. The van der Waals surface area contributed by atoms with Gasteiger partial charge in [-0.3, -0.25) is 9.38 Å². The first-order chi connectivity index (χ1) is 17.2.